The second-order valence-electron chi connectivity index (χ2n) is 5.28. The molecule has 0 spiro atoms. The Bertz CT molecular complexity index is 839. The second-order valence-corrected chi connectivity index (χ2v) is 7.50. The second kappa shape index (κ2) is 7.25. The molecule has 2 aromatic heterocycles. The SMILES string of the molecule is O=S(=O)(Cc1ccccc1Cl)NCC(c1ccco1)c1ccco1. The van der Waals surface area contributed by atoms with Crippen molar-refractivity contribution >= 4 is 21.6 Å². The van der Waals surface area contributed by atoms with Crippen molar-refractivity contribution in [1.82, 2.24) is 4.72 Å². The van der Waals surface area contributed by atoms with Crippen LogP contribution in [0.1, 0.15) is 23.0 Å². The Balaban J connectivity index is 1.73. The van der Waals surface area contributed by atoms with Gasteiger partial charge >= 0.3 is 0 Å². The van der Waals surface area contributed by atoms with Crippen LogP contribution in [0.5, 0.6) is 0 Å². The summed E-state index contributed by atoms with van der Waals surface area (Å²) in [6, 6.07) is 14.0. The van der Waals surface area contributed by atoms with E-state index in [4.69, 9.17) is 20.4 Å². The fourth-order valence-corrected chi connectivity index (χ4v) is 3.87. The van der Waals surface area contributed by atoms with E-state index in [1.54, 1.807) is 61.1 Å². The van der Waals surface area contributed by atoms with Crippen LogP contribution in [-0.4, -0.2) is 15.0 Å². The van der Waals surface area contributed by atoms with Crippen LogP contribution in [0.2, 0.25) is 5.02 Å². The van der Waals surface area contributed by atoms with Gasteiger partial charge in [0.2, 0.25) is 10.0 Å². The zero-order chi connectivity index (χ0) is 17.0. The molecule has 3 aromatic rings. The van der Waals surface area contributed by atoms with Gasteiger partial charge in [-0.05, 0) is 35.9 Å². The molecule has 3 rings (SSSR count). The van der Waals surface area contributed by atoms with E-state index in [9.17, 15) is 8.42 Å². The van der Waals surface area contributed by atoms with Crippen molar-refractivity contribution < 1.29 is 17.3 Å². The maximum atomic E-state index is 12.4. The summed E-state index contributed by atoms with van der Waals surface area (Å²) < 4.78 is 38.1. The number of sulfonamides is 1. The zero-order valence-electron chi connectivity index (χ0n) is 12.7. The molecule has 0 saturated heterocycles. The van der Waals surface area contributed by atoms with E-state index >= 15 is 0 Å². The predicted molar refractivity (Wildman–Crippen MR) is 91.3 cm³/mol. The molecule has 24 heavy (non-hydrogen) atoms. The van der Waals surface area contributed by atoms with Crippen molar-refractivity contribution in [2.45, 2.75) is 11.7 Å². The summed E-state index contributed by atoms with van der Waals surface area (Å²) in [7, 11) is -3.55. The van der Waals surface area contributed by atoms with Crippen LogP contribution >= 0.6 is 11.6 Å². The number of halogens is 1. The molecule has 0 bridgehead atoms. The fourth-order valence-electron chi connectivity index (χ4n) is 2.40. The number of nitrogens with one attached hydrogen (secondary N) is 1. The highest BCUT2D eigenvalue weighted by Crippen LogP contribution is 2.25. The van der Waals surface area contributed by atoms with E-state index in [0.29, 0.717) is 22.1 Å². The van der Waals surface area contributed by atoms with Gasteiger partial charge < -0.3 is 8.83 Å². The first-order chi connectivity index (χ1) is 11.6. The lowest BCUT2D eigenvalue weighted by Gasteiger charge is -2.14. The van der Waals surface area contributed by atoms with Crippen LogP contribution in [0.25, 0.3) is 0 Å². The Morgan fingerprint density at radius 2 is 1.58 bits per heavy atom. The standard InChI is InChI=1S/C17H16ClNO4S/c18-15-6-2-1-5-13(15)12-24(20,21)19-11-14(16-7-3-9-22-16)17-8-4-10-23-17/h1-10,14,19H,11-12H2. The minimum absolute atomic E-state index is 0.133. The maximum Gasteiger partial charge on any atom is 0.215 e. The molecule has 0 radical (unpaired) electrons. The van der Waals surface area contributed by atoms with Crippen molar-refractivity contribution in [2.75, 3.05) is 6.54 Å². The summed E-state index contributed by atoms with van der Waals surface area (Å²) in [5.41, 5.74) is 0.555. The highest BCUT2D eigenvalue weighted by Gasteiger charge is 2.23. The molecular formula is C17H16ClNO4S. The van der Waals surface area contributed by atoms with Crippen molar-refractivity contribution in [1.29, 1.82) is 0 Å². The van der Waals surface area contributed by atoms with Gasteiger partial charge in [0.1, 0.15) is 11.5 Å². The third kappa shape index (κ3) is 4.08. The molecular weight excluding hydrogens is 350 g/mol. The van der Waals surface area contributed by atoms with Crippen molar-refractivity contribution in [3.8, 4) is 0 Å². The summed E-state index contributed by atoms with van der Waals surface area (Å²) in [4.78, 5) is 0. The molecule has 0 aliphatic carbocycles. The number of rotatable bonds is 7. The van der Waals surface area contributed by atoms with Crippen molar-refractivity contribution in [2.24, 2.45) is 0 Å². The quantitative estimate of drug-likeness (QED) is 0.691. The molecule has 5 nitrogen and oxygen atoms in total. The van der Waals surface area contributed by atoms with Gasteiger partial charge in [0.25, 0.3) is 0 Å². The zero-order valence-corrected chi connectivity index (χ0v) is 14.3. The first kappa shape index (κ1) is 16.8. The van der Waals surface area contributed by atoms with Crippen molar-refractivity contribution in [3.05, 3.63) is 83.2 Å². The first-order valence-electron chi connectivity index (χ1n) is 7.33. The highest BCUT2D eigenvalue weighted by atomic mass is 35.5. The third-order valence-electron chi connectivity index (χ3n) is 3.58. The molecule has 126 valence electrons. The lowest BCUT2D eigenvalue weighted by molar-refractivity contribution is 0.424. The van der Waals surface area contributed by atoms with E-state index in [1.807, 2.05) is 0 Å². The molecule has 0 unspecified atom stereocenters. The summed E-state index contributed by atoms with van der Waals surface area (Å²) in [6.45, 7) is 0.133. The number of hydrogen-bond acceptors (Lipinski definition) is 4. The Labute approximate surface area is 145 Å². The minimum Gasteiger partial charge on any atom is -0.469 e. The molecule has 0 fully saturated rings. The van der Waals surface area contributed by atoms with Gasteiger partial charge in [0.15, 0.2) is 0 Å². The molecule has 0 atom stereocenters. The molecule has 1 N–H and O–H groups in total. The topological polar surface area (TPSA) is 72.5 Å². The summed E-state index contributed by atoms with van der Waals surface area (Å²) in [6.07, 6.45) is 3.09. The average Bonchev–Trinajstić information content (AvgIpc) is 3.23. The molecule has 2 heterocycles. The number of benzene rings is 1. The van der Waals surface area contributed by atoms with Gasteiger partial charge in [-0.1, -0.05) is 29.8 Å². The molecule has 0 saturated carbocycles. The minimum atomic E-state index is -3.55. The van der Waals surface area contributed by atoms with Crippen LogP contribution in [-0.2, 0) is 15.8 Å². The van der Waals surface area contributed by atoms with E-state index in [2.05, 4.69) is 4.72 Å². The average molecular weight is 366 g/mol. The predicted octanol–water partition coefficient (Wildman–Crippen LogP) is 3.78. The van der Waals surface area contributed by atoms with Gasteiger partial charge in [-0.25, -0.2) is 13.1 Å². The van der Waals surface area contributed by atoms with Gasteiger partial charge in [-0.2, -0.15) is 0 Å². The summed E-state index contributed by atoms with van der Waals surface area (Å²) >= 11 is 6.03. The summed E-state index contributed by atoms with van der Waals surface area (Å²) in [5.74, 6) is 0.738. The van der Waals surface area contributed by atoms with Gasteiger partial charge in [-0.15, -0.1) is 0 Å². The van der Waals surface area contributed by atoms with Gasteiger partial charge in [0.05, 0.1) is 24.2 Å². The number of hydrogen-bond donors (Lipinski definition) is 1. The van der Waals surface area contributed by atoms with Crippen molar-refractivity contribution in [3.63, 3.8) is 0 Å². The largest absolute Gasteiger partial charge is 0.469 e. The van der Waals surface area contributed by atoms with Gasteiger partial charge in [0, 0.05) is 11.6 Å². The molecule has 1 aromatic carbocycles. The highest BCUT2D eigenvalue weighted by molar-refractivity contribution is 7.88. The lowest BCUT2D eigenvalue weighted by atomic mass is 10.0. The molecule has 0 aliphatic heterocycles. The Hall–Kier alpha value is -2.02. The summed E-state index contributed by atoms with van der Waals surface area (Å²) in [5, 5.41) is 0.427. The Morgan fingerprint density at radius 3 is 2.12 bits per heavy atom. The van der Waals surface area contributed by atoms with Crippen LogP contribution in [0.15, 0.2) is 69.9 Å². The number of furan rings is 2. The van der Waals surface area contributed by atoms with Crippen LogP contribution in [0, 0.1) is 0 Å². The smallest absolute Gasteiger partial charge is 0.215 e. The van der Waals surface area contributed by atoms with Crippen LogP contribution < -0.4 is 4.72 Å². The van der Waals surface area contributed by atoms with Crippen LogP contribution in [0.4, 0.5) is 0 Å². The van der Waals surface area contributed by atoms with E-state index in [-0.39, 0.29) is 18.2 Å². The molecule has 0 aliphatic rings. The Morgan fingerprint density at radius 1 is 0.958 bits per heavy atom. The molecule has 0 amide bonds. The van der Waals surface area contributed by atoms with E-state index in [1.165, 1.54) is 0 Å². The maximum absolute atomic E-state index is 12.4. The third-order valence-corrected chi connectivity index (χ3v) is 5.25. The first-order valence-corrected chi connectivity index (χ1v) is 9.36. The monoisotopic (exact) mass is 365 g/mol. The normalized spacial score (nSPS) is 11.9. The Kier molecular flexibility index (Phi) is 5.08. The lowest BCUT2D eigenvalue weighted by Crippen LogP contribution is -2.30. The van der Waals surface area contributed by atoms with Gasteiger partial charge in [-0.3, -0.25) is 0 Å². The van der Waals surface area contributed by atoms with Crippen LogP contribution in [0.3, 0.4) is 0 Å². The fraction of sp³-hybridized carbons (Fsp3) is 0.176. The van der Waals surface area contributed by atoms with E-state index in [0.717, 1.165) is 0 Å². The van der Waals surface area contributed by atoms with E-state index < -0.39 is 10.0 Å². The molecule has 7 heteroatoms.